The molecular weight excluding hydrogens is 134 g/mol. The first-order valence-electron chi connectivity index (χ1n) is 5.05. The van der Waals surface area contributed by atoms with E-state index < -0.39 is 0 Å². The molecule has 11 heavy (non-hydrogen) atoms. The number of hydrogen-bond donors (Lipinski definition) is 1. The molecule has 0 spiro atoms. The van der Waals surface area contributed by atoms with Crippen LogP contribution in [0.3, 0.4) is 0 Å². The third-order valence-corrected chi connectivity index (χ3v) is 1.88. The average molecular weight is 159 g/mol. The van der Waals surface area contributed by atoms with Crippen molar-refractivity contribution in [3.05, 3.63) is 0 Å². The molecule has 1 unspecified atom stereocenters. The molecule has 1 atom stereocenters. The van der Waals surface area contributed by atoms with Gasteiger partial charge < -0.3 is 5.73 Å². The minimum absolute atomic E-state index is 0.782. The molecule has 0 aromatic rings. The first-order valence-corrected chi connectivity index (χ1v) is 5.05. The van der Waals surface area contributed by atoms with Crippen molar-refractivity contribution in [2.45, 2.75) is 53.4 Å². The maximum atomic E-state index is 5.52. The quantitative estimate of drug-likeness (QED) is 0.655. The fourth-order valence-corrected chi connectivity index (χ4v) is 0.981. The van der Waals surface area contributed by atoms with Crippen LogP contribution in [0.1, 0.15) is 53.4 Å². The molecule has 70 valence electrons. The van der Waals surface area contributed by atoms with E-state index in [1.165, 1.54) is 25.7 Å². The van der Waals surface area contributed by atoms with Crippen molar-refractivity contribution in [1.29, 1.82) is 0 Å². The van der Waals surface area contributed by atoms with Crippen LogP contribution in [0.4, 0.5) is 0 Å². The Morgan fingerprint density at radius 2 is 1.73 bits per heavy atom. The normalized spacial score (nSPS) is 11.7. The lowest BCUT2D eigenvalue weighted by Crippen LogP contribution is -2.12. The van der Waals surface area contributed by atoms with Crippen LogP contribution in [0.5, 0.6) is 0 Å². The van der Waals surface area contributed by atoms with Gasteiger partial charge >= 0.3 is 0 Å². The lowest BCUT2D eigenvalue weighted by Gasteiger charge is -2.09. The predicted octanol–water partition coefficient (Wildman–Crippen LogP) is 3.19. The van der Waals surface area contributed by atoms with Crippen molar-refractivity contribution in [3.8, 4) is 0 Å². The molecule has 0 aromatic carbocycles. The van der Waals surface area contributed by atoms with E-state index in [1.807, 2.05) is 13.8 Å². The van der Waals surface area contributed by atoms with E-state index in [9.17, 15) is 0 Å². The van der Waals surface area contributed by atoms with Gasteiger partial charge in [0.1, 0.15) is 0 Å². The minimum atomic E-state index is 0.782. The van der Waals surface area contributed by atoms with Crippen molar-refractivity contribution in [2.75, 3.05) is 6.54 Å². The van der Waals surface area contributed by atoms with E-state index in [-0.39, 0.29) is 0 Å². The largest absolute Gasteiger partial charge is 0.330 e. The summed E-state index contributed by atoms with van der Waals surface area (Å²) >= 11 is 0. The topological polar surface area (TPSA) is 26.0 Å². The lowest BCUT2D eigenvalue weighted by molar-refractivity contribution is 0.461. The summed E-state index contributed by atoms with van der Waals surface area (Å²) < 4.78 is 0. The summed E-state index contributed by atoms with van der Waals surface area (Å²) in [6, 6.07) is 0. The van der Waals surface area contributed by atoms with Gasteiger partial charge in [-0.3, -0.25) is 0 Å². The zero-order chi connectivity index (χ0) is 9.11. The summed E-state index contributed by atoms with van der Waals surface area (Å²) in [4.78, 5) is 0. The Balaban J connectivity index is 0. The molecule has 0 saturated heterocycles. The molecule has 0 aromatic heterocycles. The van der Waals surface area contributed by atoms with Gasteiger partial charge in [-0.25, -0.2) is 0 Å². The van der Waals surface area contributed by atoms with Crippen LogP contribution in [0, 0.1) is 5.92 Å². The van der Waals surface area contributed by atoms with E-state index in [2.05, 4.69) is 13.8 Å². The highest BCUT2D eigenvalue weighted by Gasteiger charge is 2.00. The van der Waals surface area contributed by atoms with Crippen LogP contribution >= 0.6 is 0 Å². The van der Waals surface area contributed by atoms with Crippen molar-refractivity contribution >= 4 is 0 Å². The van der Waals surface area contributed by atoms with Gasteiger partial charge in [0.05, 0.1) is 0 Å². The molecule has 0 radical (unpaired) electrons. The molecule has 0 aliphatic carbocycles. The highest BCUT2D eigenvalue weighted by molar-refractivity contribution is 4.56. The van der Waals surface area contributed by atoms with Crippen LogP contribution in [0.2, 0.25) is 0 Å². The first-order chi connectivity index (χ1) is 5.35. The molecule has 0 aliphatic rings. The molecule has 2 N–H and O–H groups in total. The van der Waals surface area contributed by atoms with Gasteiger partial charge in [0.25, 0.3) is 0 Å². The predicted molar refractivity (Wildman–Crippen MR) is 53.7 cm³/mol. The zero-order valence-electron chi connectivity index (χ0n) is 8.69. The molecule has 1 nitrogen and oxygen atoms in total. The van der Waals surface area contributed by atoms with Gasteiger partial charge in [0, 0.05) is 0 Å². The highest BCUT2D eigenvalue weighted by atomic mass is 14.5. The Labute approximate surface area is 72.4 Å². The fourth-order valence-electron chi connectivity index (χ4n) is 0.981. The van der Waals surface area contributed by atoms with E-state index in [0.717, 1.165) is 12.5 Å². The van der Waals surface area contributed by atoms with Crippen LogP contribution in [0.15, 0.2) is 0 Å². The second-order valence-electron chi connectivity index (χ2n) is 2.65. The monoisotopic (exact) mass is 159 g/mol. The van der Waals surface area contributed by atoms with E-state index in [0.29, 0.717) is 0 Å². The molecule has 0 saturated carbocycles. The van der Waals surface area contributed by atoms with E-state index >= 15 is 0 Å². The molecule has 0 rings (SSSR count). The number of rotatable bonds is 5. The van der Waals surface area contributed by atoms with E-state index in [1.54, 1.807) is 0 Å². The van der Waals surface area contributed by atoms with Crippen LogP contribution in [-0.4, -0.2) is 6.54 Å². The number of hydrogen-bond acceptors (Lipinski definition) is 1. The van der Waals surface area contributed by atoms with Gasteiger partial charge in [-0.2, -0.15) is 0 Å². The van der Waals surface area contributed by atoms with Crippen molar-refractivity contribution in [3.63, 3.8) is 0 Å². The Morgan fingerprint density at radius 1 is 1.18 bits per heavy atom. The Bertz CT molecular complexity index is 48.8. The van der Waals surface area contributed by atoms with Crippen LogP contribution < -0.4 is 5.73 Å². The number of unbranched alkanes of at least 4 members (excludes halogenated alkanes) is 1. The molecular formula is C10H25N. The van der Waals surface area contributed by atoms with Crippen molar-refractivity contribution in [1.82, 2.24) is 0 Å². The third-order valence-electron chi connectivity index (χ3n) is 1.88. The van der Waals surface area contributed by atoms with Crippen LogP contribution in [-0.2, 0) is 0 Å². The van der Waals surface area contributed by atoms with Crippen LogP contribution in [0.25, 0.3) is 0 Å². The summed E-state index contributed by atoms with van der Waals surface area (Å²) in [6.07, 6.45) is 5.21. The Kier molecular flexibility index (Phi) is 15.5. The molecule has 0 aliphatic heterocycles. The van der Waals surface area contributed by atoms with Crippen molar-refractivity contribution < 1.29 is 0 Å². The molecule has 1 heteroatoms. The van der Waals surface area contributed by atoms with Gasteiger partial charge in [0.2, 0.25) is 0 Å². The first kappa shape index (κ1) is 13.5. The Morgan fingerprint density at radius 3 is 2.00 bits per heavy atom. The molecule has 0 fully saturated rings. The molecule has 0 heterocycles. The highest BCUT2D eigenvalue weighted by Crippen LogP contribution is 2.09. The summed E-state index contributed by atoms with van der Waals surface area (Å²) in [5, 5.41) is 0. The summed E-state index contributed by atoms with van der Waals surface area (Å²) in [5.41, 5.74) is 5.52. The van der Waals surface area contributed by atoms with Gasteiger partial charge in [-0.15, -0.1) is 0 Å². The second kappa shape index (κ2) is 12.6. The molecule has 0 amide bonds. The number of nitrogens with two attached hydrogens (primary N) is 1. The summed E-state index contributed by atoms with van der Waals surface area (Å²) in [7, 11) is 0. The van der Waals surface area contributed by atoms with E-state index in [4.69, 9.17) is 5.73 Å². The Hall–Kier alpha value is -0.0400. The maximum absolute atomic E-state index is 5.52. The lowest BCUT2D eigenvalue weighted by atomic mass is 10.00. The standard InChI is InChI=1S/C8H19N.C2H6/c1-3-5-6-8(4-2)7-9;1-2/h8H,3-7,9H2,1-2H3;1-2H3. The zero-order valence-corrected chi connectivity index (χ0v) is 8.69. The molecule has 0 bridgehead atoms. The van der Waals surface area contributed by atoms with Gasteiger partial charge in [-0.05, 0) is 18.9 Å². The smallest absolute Gasteiger partial charge is 0.00490 e. The summed E-state index contributed by atoms with van der Waals surface area (Å²) in [6.45, 7) is 9.31. The average Bonchev–Trinajstić information content (AvgIpc) is 2.10. The summed E-state index contributed by atoms with van der Waals surface area (Å²) in [5.74, 6) is 0.782. The third kappa shape index (κ3) is 9.96. The fraction of sp³-hybridized carbons (Fsp3) is 1.00. The second-order valence-corrected chi connectivity index (χ2v) is 2.65. The van der Waals surface area contributed by atoms with Crippen molar-refractivity contribution in [2.24, 2.45) is 11.7 Å². The SMILES string of the molecule is CC.CCCCC(CC)CN. The minimum Gasteiger partial charge on any atom is -0.330 e. The van der Waals surface area contributed by atoms with Gasteiger partial charge in [-0.1, -0.05) is 47.0 Å². The van der Waals surface area contributed by atoms with Gasteiger partial charge in [0.15, 0.2) is 0 Å². The maximum Gasteiger partial charge on any atom is -0.00490 e.